The fourth-order valence-electron chi connectivity index (χ4n) is 3.59. The maximum Gasteiger partial charge on any atom is 0.243 e. The number of ether oxygens (including phenoxy) is 1. The molecule has 2 aliphatic rings. The standard InChI is InChI=1S/C16H23ClN2O3S/c1-22-16-5-4-13(11-14(16)17)23(20,21)19-9-6-12(7-10-19)15-3-2-8-18-15/h4-5,11-12,15,18H,2-3,6-10H2,1H3. The monoisotopic (exact) mass is 358 g/mol. The summed E-state index contributed by atoms with van der Waals surface area (Å²) in [6.07, 6.45) is 4.28. The fourth-order valence-corrected chi connectivity index (χ4v) is 5.41. The van der Waals surface area contributed by atoms with Gasteiger partial charge in [0.1, 0.15) is 5.75 Å². The Balaban J connectivity index is 1.70. The maximum atomic E-state index is 12.8. The van der Waals surface area contributed by atoms with Crippen molar-refractivity contribution < 1.29 is 13.2 Å². The highest BCUT2D eigenvalue weighted by Gasteiger charge is 2.33. The summed E-state index contributed by atoms with van der Waals surface area (Å²) in [6, 6.07) is 5.20. The highest BCUT2D eigenvalue weighted by atomic mass is 35.5. The molecule has 0 saturated carbocycles. The molecule has 7 heteroatoms. The maximum absolute atomic E-state index is 12.8. The summed E-state index contributed by atoms with van der Waals surface area (Å²) >= 11 is 6.07. The van der Waals surface area contributed by atoms with E-state index in [-0.39, 0.29) is 4.90 Å². The molecule has 0 amide bonds. The van der Waals surface area contributed by atoms with Crippen LogP contribution in [0.2, 0.25) is 5.02 Å². The lowest BCUT2D eigenvalue weighted by atomic mass is 9.89. The largest absolute Gasteiger partial charge is 0.495 e. The minimum absolute atomic E-state index is 0.237. The van der Waals surface area contributed by atoms with Crippen LogP contribution in [0.1, 0.15) is 25.7 Å². The number of methoxy groups -OCH3 is 1. The van der Waals surface area contributed by atoms with Gasteiger partial charge in [-0.25, -0.2) is 8.42 Å². The predicted octanol–water partition coefficient (Wildman–Crippen LogP) is 2.50. The molecule has 0 bridgehead atoms. The summed E-state index contributed by atoms with van der Waals surface area (Å²) in [4.78, 5) is 0.237. The number of nitrogens with one attached hydrogen (secondary N) is 1. The first-order valence-electron chi connectivity index (χ1n) is 8.09. The van der Waals surface area contributed by atoms with Gasteiger partial charge in [0.15, 0.2) is 0 Å². The van der Waals surface area contributed by atoms with Gasteiger partial charge in [-0.3, -0.25) is 0 Å². The minimum Gasteiger partial charge on any atom is -0.495 e. The second-order valence-corrected chi connectivity index (χ2v) is 8.59. The van der Waals surface area contributed by atoms with E-state index in [1.54, 1.807) is 16.4 Å². The van der Waals surface area contributed by atoms with E-state index in [1.807, 2.05) is 0 Å². The highest BCUT2D eigenvalue weighted by Crippen LogP contribution is 2.31. The van der Waals surface area contributed by atoms with Gasteiger partial charge in [0, 0.05) is 19.1 Å². The molecular weight excluding hydrogens is 336 g/mol. The molecule has 2 aliphatic heterocycles. The van der Waals surface area contributed by atoms with Crippen molar-refractivity contribution in [2.24, 2.45) is 5.92 Å². The van der Waals surface area contributed by atoms with Crippen LogP contribution in [0.3, 0.4) is 0 Å². The molecule has 1 atom stereocenters. The lowest BCUT2D eigenvalue weighted by molar-refractivity contribution is 0.234. The number of hydrogen-bond donors (Lipinski definition) is 1. The topological polar surface area (TPSA) is 58.6 Å². The van der Waals surface area contributed by atoms with Crippen LogP contribution in [-0.4, -0.2) is 45.5 Å². The Kier molecular flexibility index (Phi) is 5.16. The lowest BCUT2D eigenvalue weighted by Crippen LogP contribution is -2.43. The molecule has 0 radical (unpaired) electrons. The zero-order valence-corrected chi connectivity index (χ0v) is 14.9. The summed E-state index contributed by atoms with van der Waals surface area (Å²) in [5.74, 6) is 1.07. The summed E-state index contributed by atoms with van der Waals surface area (Å²) < 4.78 is 32.2. The Bertz CT molecular complexity index is 651. The molecule has 1 aromatic rings. The smallest absolute Gasteiger partial charge is 0.243 e. The number of hydrogen-bond acceptors (Lipinski definition) is 4. The van der Waals surface area contributed by atoms with Crippen LogP contribution in [0.25, 0.3) is 0 Å². The van der Waals surface area contributed by atoms with Crippen molar-refractivity contribution in [3.8, 4) is 5.75 Å². The van der Waals surface area contributed by atoms with Crippen molar-refractivity contribution >= 4 is 21.6 Å². The third kappa shape index (κ3) is 3.50. The molecule has 3 rings (SSSR count). The minimum atomic E-state index is -3.48. The molecule has 2 heterocycles. The van der Waals surface area contributed by atoms with E-state index < -0.39 is 10.0 Å². The van der Waals surface area contributed by atoms with E-state index in [4.69, 9.17) is 16.3 Å². The van der Waals surface area contributed by atoms with Gasteiger partial charge in [-0.15, -0.1) is 0 Å². The van der Waals surface area contributed by atoms with Gasteiger partial charge in [-0.2, -0.15) is 4.31 Å². The summed E-state index contributed by atoms with van der Waals surface area (Å²) in [5, 5.41) is 3.85. The Morgan fingerprint density at radius 1 is 1.26 bits per heavy atom. The summed E-state index contributed by atoms with van der Waals surface area (Å²) in [6.45, 7) is 2.25. The van der Waals surface area contributed by atoms with E-state index in [0.29, 0.717) is 35.8 Å². The second kappa shape index (κ2) is 6.97. The highest BCUT2D eigenvalue weighted by molar-refractivity contribution is 7.89. The summed E-state index contributed by atoms with van der Waals surface area (Å²) in [7, 11) is -1.97. The average Bonchev–Trinajstić information content (AvgIpc) is 3.09. The molecule has 2 fully saturated rings. The molecule has 0 spiro atoms. The van der Waals surface area contributed by atoms with Crippen molar-refractivity contribution in [2.75, 3.05) is 26.7 Å². The van der Waals surface area contributed by atoms with Crippen molar-refractivity contribution in [2.45, 2.75) is 36.6 Å². The Hall–Kier alpha value is -0.820. The average molecular weight is 359 g/mol. The van der Waals surface area contributed by atoms with Crippen molar-refractivity contribution in [1.29, 1.82) is 0 Å². The van der Waals surface area contributed by atoms with Crippen LogP contribution in [0.15, 0.2) is 23.1 Å². The fraction of sp³-hybridized carbons (Fsp3) is 0.625. The molecule has 1 aromatic carbocycles. The molecule has 2 saturated heterocycles. The molecular formula is C16H23ClN2O3S. The van der Waals surface area contributed by atoms with Crippen LogP contribution in [-0.2, 0) is 10.0 Å². The SMILES string of the molecule is COc1ccc(S(=O)(=O)N2CCC(C3CCCN3)CC2)cc1Cl. The predicted molar refractivity (Wildman–Crippen MR) is 90.5 cm³/mol. The van der Waals surface area contributed by atoms with Gasteiger partial charge in [0.05, 0.1) is 17.0 Å². The van der Waals surface area contributed by atoms with Gasteiger partial charge >= 0.3 is 0 Å². The van der Waals surface area contributed by atoms with Crippen molar-refractivity contribution in [3.63, 3.8) is 0 Å². The van der Waals surface area contributed by atoms with E-state index in [1.165, 1.54) is 26.0 Å². The van der Waals surface area contributed by atoms with Crippen molar-refractivity contribution in [3.05, 3.63) is 23.2 Å². The number of rotatable bonds is 4. The summed E-state index contributed by atoms with van der Waals surface area (Å²) in [5.41, 5.74) is 0. The van der Waals surface area contributed by atoms with Gasteiger partial charge in [0.25, 0.3) is 0 Å². The van der Waals surface area contributed by atoms with Crippen molar-refractivity contribution in [1.82, 2.24) is 9.62 Å². The quantitative estimate of drug-likeness (QED) is 0.898. The Labute approximate surface area is 143 Å². The first-order valence-corrected chi connectivity index (χ1v) is 9.91. The van der Waals surface area contributed by atoms with Gasteiger partial charge < -0.3 is 10.1 Å². The number of benzene rings is 1. The molecule has 5 nitrogen and oxygen atoms in total. The van der Waals surface area contributed by atoms with Gasteiger partial charge in [0.2, 0.25) is 10.0 Å². The molecule has 1 unspecified atom stereocenters. The zero-order chi connectivity index (χ0) is 16.4. The molecule has 0 aliphatic carbocycles. The van der Waals surface area contributed by atoms with Crippen LogP contribution in [0.4, 0.5) is 0 Å². The number of sulfonamides is 1. The molecule has 0 aromatic heterocycles. The van der Waals surface area contributed by atoms with E-state index in [2.05, 4.69) is 5.32 Å². The van der Waals surface area contributed by atoms with Crippen LogP contribution in [0, 0.1) is 5.92 Å². The third-order valence-electron chi connectivity index (χ3n) is 4.93. The zero-order valence-electron chi connectivity index (χ0n) is 13.3. The van der Waals surface area contributed by atoms with Crippen LogP contribution in [0.5, 0.6) is 5.75 Å². The first kappa shape index (κ1) is 17.0. The lowest BCUT2D eigenvalue weighted by Gasteiger charge is -2.34. The molecule has 23 heavy (non-hydrogen) atoms. The Morgan fingerprint density at radius 2 is 2.00 bits per heavy atom. The van der Waals surface area contributed by atoms with E-state index >= 15 is 0 Å². The van der Waals surface area contributed by atoms with Crippen LogP contribution < -0.4 is 10.1 Å². The third-order valence-corrected chi connectivity index (χ3v) is 7.12. The van der Waals surface area contributed by atoms with E-state index in [9.17, 15) is 8.42 Å². The van der Waals surface area contributed by atoms with Gasteiger partial charge in [-0.1, -0.05) is 11.6 Å². The van der Waals surface area contributed by atoms with Gasteiger partial charge in [-0.05, 0) is 56.3 Å². The number of nitrogens with zero attached hydrogens (tertiary/aromatic N) is 1. The molecule has 1 N–H and O–H groups in total. The number of piperidine rings is 1. The van der Waals surface area contributed by atoms with E-state index in [0.717, 1.165) is 19.4 Å². The second-order valence-electron chi connectivity index (χ2n) is 6.24. The first-order chi connectivity index (χ1) is 11.0. The molecule has 128 valence electrons. The van der Waals surface area contributed by atoms with Crippen LogP contribution >= 0.6 is 11.6 Å². The number of halogens is 1. The Morgan fingerprint density at radius 3 is 2.57 bits per heavy atom. The normalized spacial score (nSPS) is 24.0.